The Bertz CT molecular complexity index is 213. The van der Waals surface area contributed by atoms with Crippen molar-refractivity contribution in [2.24, 2.45) is 0 Å². The van der Waals surface area contributed by atoms with Gasteiger partial charge in [0.05, 0.1) is 0 Å². The summed E-state index contributed by atoms with van der Waals surface area (Å²) < 4.78 is 65.7. The predicted octanol–water partition coefficient (Wildman–Crippen LogP) is -2.00. The minimum absolute atomic E-state index is 0. The van der Waals surface area contributed by atoms with Crippen molar-refractivity contribution in [3.8, 4) is 0 Å². The zero-order valence-electron chi connectivity index (χ0n) is 4.82. The minimum Gasteiger partial charge on any atom is -0.759 e. The fourth-order valence-electron chi connectivity index (χ4n) is 0. The number of hydrogen-bond acceptors (Lipinski definition) is 6. The van der Waals surface area contributed by atoms with E-state index < -0.39 is 20.8 Å². The maximum atomic E-state index is 8.74. The maximum absolute atomic E-state index is 8.74. The summed E-state index contributed by atoms with van der Waals surface area (Å²) in [4.78, 5) is 0. The van der Waals surface area contributed by atoms with E-state index in [2.05, 4.69) is 0 Å². The van der Waals surface area contributed by atoms with Crippen molar-refractivity contribution in [3.05, 3.63) is 0 Å². The Morgan fingerprint density at radius 1 is 0.917 bits per heavy atom. The van der Waals surface area contributed by atoms with Gasteiger partial charge in [-0.15, -0.1) is 0 Å². The van der Waals surface area contributed by atoms with E-state index in [1.165, 1.54) is 0 Å². The molecule has 0 bridgehead atoms. The molecule has 0 aliphatic carbocycles. The Kier molecular flexibility index (Phi) is 16.1. The topological polar surface area (TPSA) is 155 Å². The number of hydrogen-bond donors (Lipinski definition) is 2. The van der Waals surface area contributed by atoms with Crippen molar-refractivity contribution in [3.63, 3.8) is 0 Å². The molecule has 0 saturated carbocycles. The second kappa shape index (κ2) is 8.38. The van der Waals surface area contributed by atoms with Crippen LogP contribution in [0.5, 0.6) is 0 Å². The SMILES string of the molecule is O=S(=O)(O)O.O=S(=O)([O-])[O-].[Cu+2].[Fe]. The third-order valence-corrected chi connectivity index (χ3v) is 0. The summed E-state index contributed by atoms with van der Waals surface area (Å²) in [5.74, 6) is 0. The molecule has 0 unspecified atom stereocenters. The summed E-state index contributed by atoms with van der Waals surface area (Å²) in [6.07, 6.45) is 0. The molecule has 0 aromatic rings. The summed E-state index contributed by atoms with van der Waals surface area (Å²) in [5, 5.41) is 0. The Morgan fingerprint density at radius 2 is 0.917 bits per heavy atom. The largest absolute Gasteiger partial charge is 2.00 e. The molecule has 0 aliphatic rings. The van der Waals surface area contributed by atoms with E-state index >= 15 is 0 Å². The van der Waals surface area contributed by atoms with Crippen LogP contribution in [-0.4, -0.2) is 35.0 Å². The van der Waals surface area contributed by atoms with E-state index in [0.29, 0.717) is 0 Å². The molecule has 2 N–H and O–H groups in total. The molecule has 1 radical (unpaired) electrons. The van der Waals surface area contributed by atoms with Crippen molar-refractivity contribution >= 4 is 20.8 Å². The van der Waals surface area contributed by atoms with E-state index in [4.69, 9.17) is 35.0 Å². The van der Waals surface area contributed by atoms with Crippen LogP contribution >= 0.6 is 0 Å². The first-order chi connectivity index (χ1) is 4.00. The van der Waals surface area contributed by atoms with Crippen LogP contribution in [0, 0.1) is 0 Å². The van der Waals surface area contributed by atoms with Crippen LogP contribution in [0.15, 0.2) is 0 Å². The van der Waals surface area contributed by atoms with Crippen molar-refractivity contribution in [2.45, 2.75) is 0 Å². The molecule has 0 rings (SSSR count). The normalized spacial score (nSPS) is 9.67. The molecule has 0 heterocycles. The maximum Gasteiger partial charge on any atom is 2.00 e. The molecule has 0 amide bonds. The van der Waals surface area contributed by atoms with E-state index in [-0.39, 0.29) is 34.1 Å². The van der Waals surface area contributed by atoms with Gasteiger partial charge in [0, 0.05) is 27.5 Å². The third-order valence-electron chi connectivity index (χ3n) is 0. The first kappa shape index (κ1) is 23.0. The van der Waals surface area contributed by atoms with Gasteiger partial charge in [-0.05, 0) is 0 Å². The van der Waals surface area contributed by atoms with Crippen LogP contribution in [0.4, 0.5) is 0 Å². The third kappa shape index (κ3) is 1700. The van der Waals surface area contributed by atoms with Crippen LogP contribution in [0.3, 0.4) is 0 Å². The van der Waals surface area contributed by atoms with Gasteiger partial charge in [-0.1, -0.05) is 0 Å². The minimum atomic E-state index is -5.17. The monoisotopic (exact) mass is 313 g/mol. The zero-order chi connectivity index (χ0) is 9.00. The standard InChI is InChI=1S/Cu.Fe.2H2O4S/c;;2*1-5(2,3)4/h;;2*(H2,1,2,3,4)/q+2;;;/p-2. The van der Waals surface area contributed by atoms with Crippen molar-refractivity contribution < 1.29 is 69.2 Å². The van der Waals surface area contributed by atoms with Crippen molar-refractivity contribution in [2.75, 3.05) is 0 Å². The van der Waals surface area contributed by atoms with Crippen LogP contribution in [-0.2, 0) is 54.9 Å². The van der Waals surface area contributed by atoms with Crippen molar-refractivity contribution in [1.29, 1.82) is 0 Å². The molecule has 12 heavy (non-hydrogen) atoms. The van der Waals surface area contributed by atoms with Crippen LogP contribution < -0.4 is 0 Å². The predicted molar refractivity (Wildman–Crippen MR) is 24.7 cm³/mol. The molecular weight excluding hydrogens is 312 g/mol. The van der Waals surface area contributed by atoms with Gasteiger partial charge in [-0.2, -0.15) is 8.42 Å². The molecule has 0 aromatic heterocycles. The van der Waals surface area contributed by atoms with Crippen LogP contribution in [0.1, 0.15) is 0 Å². The molecule has 81 valence electrons. The van der Waals surface area contributed by atoms with E-state index in [0.717, 1.165) is 0 Å². The Balaban J connectivity index is -0.0000000457. The molecule has 0 aromatic carbocycles. The fourth-order valence-corrected chi connectivity index (χ4v) is 0. The van der Waals surface area contributed by atoms with Gasteiger partial charge in [-0.25, -0.2) is 0 Å². The fraction of sp³-hybridized carbons (Fsp3) is 0. The van der Waals surface area contributed by atoms with E-state index in [9.17, 15) is 0 Å². The molecule has 0 spiro atoms. The second-order valence-corrected chi connectivity index (χ2v) is 2.57. The van der Waals surface area contributed by atoms with E-state index in [1.54, 1.807) is 0 Å². The van der Waals surface area contributed by atoms with Crippen LogP contribution in [0.2, 0.25) is 0 Å². The first-order valence-electron chi connectivity index (χ1n) is 1.37. The van der Waals surface area contributed by atoms with Gasteiger partial charge in [-0.3, -0.25) is 17.5 Å². The van der Waals surface area contributed by atoms with Crippen molar-refractivity contribution in [1.82, 2.24) is 0 Å². The van der Waals surface area contributed by atoms with Gasteiger partial charge in [0.15, 0.2) is 0 Å². The first-order valence-corrected chi connectivity index (χ1v) is 4.10. The molecule has 0 aliphatic heterocycles. The average Bonchev–Trinajstić information content (AvgIpc) is 1.12. The zero-order valence-corrected chi connectivity index (χ0v) is 8.49. The molecule has 8 nitrogen and oxygen atoms in total. The smallest absolute Gasteiger partial charge is 0.759 e. The van der Waals surface area contributed by atoms with Crippen LogP contribution in [0.25, 0.3) is 0 Å². The summed E-state index contributed by atoms with van der Waals surface area (Å²) in [6, 6.07) is 0. The second-order valence-electron chi connectivity index (χ2n) is 0.856. The molecule has 0 fully saturated rings. The van der Waals surface area contributed by atoms with Gasteiger partial charge in [0.2, 0.25) is 0 Å². The molecule has 0 saturated heterocycles. The number of rotatable bonds is 0. The van der Waals surface area contributed by atoms with Gasteiger partial charge >= 0.3 is 27.5 Å². The Morgan fingerprint density at radius 3 is 0.917 bits per heavy atom. The molecular formula is H2CuFeO8S2. The summed E-state index contributed by atoms with van der Waals surface area (Å²) >= 11 is 0. The molecule has 0 atom stereocenters. The molecule has 12 heteroatoms. The summed E-state index contributed by atoms with van der Waals surface area (Å²) in [5.41, 5.74) is 0. The van der Waals surface area contributed by atoms with Gasteiger partial charge in [0.25, 0.3) is 0 Å². The Labute approximate surface area is 89.8 Å². The summed E-state index contributed by atoms with van der Waals surface area (Å²) in [7, 11) is -9.83. The Hall–Kier alpha value is 0.779. The van der Waals surface area contributed by atoms with E-state index in [1.807, 2.05) is 0 Å². The summed E-state index contributed by atoms with van der Waals surface area (Å²) in [6.45, 7) is 0. The average molecular weight is 314 g/mol. The van der Waals surface area contributed by atoms with Gasteiger partial charge < -0.3 is 9.11 Å². The quantitative estimate of drug-likeness (QED) is 0.295. The van der Waals surface area contributed by atoms with Gasteiger partial charge in [0.1, 0.15) is 0 Å².